The number of nitrogens with one attached hydrogen (secondary N) is 1. The largest absolute Gasteiger partial charge is 0.399 e. The maximum atomic E-state index is 12.2. The van der Waals surface area contributed by atoms with E-state index in [2.05, 4.69) is 26.4 Å². The Hall–Kier alpha value is -1.82. The third kappa shape index (κ3) is 3.01. The molecule has 1 unspecified atom stereocenters. The van der Waals surface area contributed by atoms with Crippen molar-refractivity contribution in [2.24, 2.45) is 0 Å². The average Bonchev–Trinajstić information content (AvgIpc) is 2.67. The topological polar surface area (TPSA) is 81.2 Å². The molecule has 0 fully saturated rings. The third-order valence-corrected chi connectivity index (χ3v) is 3.51. The molecule has 5 nitrogen and oxygen atoms in total. The highest BCUT2D eigenvalue weighted by Gasteiger charge is 2.19. The Bertz CT molecular complexity index is 612. The van der Waals surface area contributed by atoms with Crippen molar-refractivity contribution in [1.82, 2.24) is 10.5 Å². The minimum absolute atomic E-state index is 0.186. The molecule has 2 aromatic rings. The summed E-state index contributed by atoms with van der Waals surface area (Å²) in [6, 6.07) is 4.93. The van der Waals surface area contributed by atoms with Gasteiger partial charge in [0.1, 0.15) is 5.76 Å². The van der Waals surface area contributed by atoms with Crippen LogP contribution < -0.4 is 11.1 Å². The van der Waals surface area contributed by atoms with Gasteiger partial charge in [0.2, 0.25) is 0 Å². The van der Waals surface area contributed by atoms with Crippen LogP contribution in [0.4, 0.5) is 5.69 Å². The predicted molar refractivity (Wildman–Crippen MR) is 80.4 cm³/mol. The van der Waals surface area contributed by atoms with Crippen molar-refractivity contribution in [3.8, 4) is 0 Å². The Morgan fingerprint density at radius 2 is 2.10 bits per heavy atom. The van der Waals surface area contributed by atoms with E-state index in [1.54, 1.807) is 18.2 Å². The number of nitrogens with two attached hydrogens (primary N) is 1. The van der Waals surface area contributed by atoms with Crippen LogP contribution in [0.5, 0.6) is 0 Å². The normalized spacial score (nSPS) is 12.2. The van der Waals surface area contributed by atoms with Gasteiger partial charge in [-0.3, -0.25) is 4.79 Å². The first-order chi connectivity index (χ1) is 9.38. The molecule has 0 aliphatic carbocycles. The summed E-state index contributed by atoms with van der Waals surface area (Å²) in [4.78, 5) is 12.2. The van der Waals surface area contributed by atoms with Gasteiger partial charge < -0.3 is 15.6 Å². The van der Waals surface area contributed by atoms with Crippen LogP contribution in [0.15, 0.2) is 27.2 Å². The zero-order valence-electron chi connectivity index (χ0n) is 11.5. The summed E-state index contributed by atoms with van der Waals surface area (Å²) in [5.74, 6) is 0.523. The first-order valence-electron chi connectivity index (χ1n) is 6.18. The molecule has 0 aliphatic rings. The Kier molecular flexibility index (Phi) is 4.13. The fourth-order valence-electron chi connectivity index (χ4n) is 2.20. The zero-order chi connectivity index (χ0) is 14.9. The first-order valence-corrected chi connectivity index (χ1v) is 6.97. The van der Waals surface area contributed by atoms with Gasteiger partial charge in [0.25, 0.3) is 5.91 Å². The number of hydrogen-bond donors (Lipinski definition) is 2. The van der Waals surface area contributed by atoms with E-state index in [-0.39, 0.29) is 11.9 Å². The SMILES string of the molecule is Cc1noc(C)c1C(C)NC(=O)c1cc(N)cc(Br)c1. The lowest BCUT2D eigenvalue weighted by atomic mass is 10.1. The number of aryl methyl sites for hydroxylation is 2. The molecule has 1 aromatic heterocycles. The number of aromatic nitrogens is 1. The molecule has 0 radical (unpaired) electrons. The van der Waals surface area contributed by atoms with E-state index in [0.29, 0.717) is 17.0 Å². The molecule has 0 spiro atoms. The molecule has 3 N–H and O–H groups in total. The van der Waals surface area contributed by atoms with Crippen LogP contribution in [0.25, 0.3) is 0 Å². The summed E-state index contributed by atoms with van der Waals surface area (Å²) >= 11 is 3.32. The third-order valence-electron chi connectivity index (χ3n) is 3.05. The Labute approximate surface area is 125 Å². The quantitative estimate of drug-likeness (QED) is 0.843. The Balaban J connectivity index is 2.19. The molecule has 6 heteroatoms. The highest BCUT2D eigenvalue weighted by molar-refractivity contribution is 9.10. The number of amides is 1. The van der Waals surface area contributed by atoms with Crippen LogP contribution in [0.1, 0.15) is 40.3 Å². The summed E-state index contributed by atoms with van der Waals surface area (Å²) in [6.07, 6.45) is 0. The highest BCUT2D eigenvalue weighted by Crippen LogP contribution is 2.22. The lowest BCUT2D eigenvalue weighted by Gasteiger charge is -2.14. The second-order valence-corrected chi connectivity index (χ2v) is 5.62. The van der Waals surface area contributed by atoms with E-state index in [1.165, 1.54) is 0 Å². The van der Waals surface area contributed by atoms with Crippen LogP contribution in [-0.2, 0) is 0 Å². The molecule has 0 saturated heterocycles. The van der Waals surface area contributed by atoms with Crippen molar-refractivity contribution in [2.45, 2.75) is 26.8 Å². The smallest absolute Gasteiger partial charge is 0.251 e. The van der Waals surface area contributed by atoms with E-state index in [9.17, 15) is 4.79 Å². The molecule has 0 saturated carbocycles. The van der Waals surface area contributed by atoms with Crippen molar-refractivity contribution in [1.29, 1.82) is 0 Å². The molecular weight excluding hydrogens is 322 g/mol. The van der Waals surface area contributed by atoms with E-state index >= 15 is 0 Å². The number of rotatable bonds is 3. The Morgan fingerprint density at radius 1 is 1.40 bits per heavy atom. The first kappa shape index (κ1) is 14.6. The zero-order valence-corrected chi connectivity index (χ0v) is 13.1. The van der Waals surface area contributed by atoms with Gasteiger partial charge >= 0.3 is 0 Å². The highest BCUT2D eigenvalue weighted by atomic mass is 79.9. The fourth-order valence-corrected chi connectivity index (χ4v) is 2.71. The van der Waals surface area contributed by atoms with Crippen molar-refractivity contribution < 1.29 is 9.32 Å². The van der Waals surface area contributed by atoms with Gasteiger partial charge in [0, 0.05) is 21.3 Å². The molecule has 106 valence electrons. The van der Waals surface area contributed by atoms with E-state index in [4.69, 9.17) is 10.3 Å². The summed E-state index contributed by atoms with van der Waals surface area (Å²) in [5, 5.41) is 6.81. The van der Waals surface area contributed by atoms with Crippen molar-refractivity contribution >= 4 is 27.5 Å². The molecule has 0 aliphatic heterocycles. The van der Waals surface area contributed by atoms with E-state index in [0.717, 1.165) is 15.7 Å². The standard InChI is InChI=1S/C14H16BrN3O2/c1-7(13-8(2)18-20-9(13)3)17-14(19)10-4-11(15)6-12(16)5-10/h4-7H,16H2,1-3H3,(H,17,19). The second-order valence-electron chi connectivity index (χ2n) is 4.71. The lowest BCUT2D eigenvalue weighted by molar-refractivity contribution is 0.0939. The number of benzene rings is 1. The second kappa shape index (κ2) is 5.66. The molecular formula is C14H16BrN3O2. The molecule has 20 heavy (non-hydrogen) atoms. The Morgan fingerprint density at radius 3 is 2.65 bits per heavy atom. The number of nitrogens with zero attached hydrogens (tertiary/aromatic N) is 1. The minimum Gasteiger partial charge on any atom is -0.399 e. The summed E-state index contributed by atoms with van der Waals surface area (Å²) < 4.78 is 5.88. The van der Waals surface area contributed by atoms with Gasteiger partial charge in [0.05, 0.1) is 11.7 Å². The number of carbonyl (C=O) groups excluding carboxylic acids is 1. The van der Waals surface area contributed by atoms with Crippen molar-refractivity contribution in [3.63, 3.8) is 0 Å². The maximum absolute atomic E-state index is 12.2. The number of carbonyl (C=O) groups is 1. The van der Waals surface area contributed by atoms with Crippen LogP contribution in [-0.4, -0.2) is 11.1 Å². The number of halogens is 1. The summed E-state index contributed by atoms with van der Waals surface area (Å²) in [7, 11) is 0. The van der Waals surface area contributed by atoms with Crippen molar-refractivity contribution in [2.75, 3.05) is 5.73 Å². The van der Waals surface area contributed by atoms with Gasteiger partial charge in [-0.15, -0.1) is 0 Å². The monoisotopic (exact) mass is 337 g/mol. The summed E-state index contributed by atoms with van der Waals surface area (Å²) in [6.45, 7) is 5.58. The molecule has 1 amide bonds. The number of nitrogen functional groups attached to an aromatic ring is 1. The van der Waals surface area contributed by atoms with Crippen LogP contribution in [0, 0.1) is 13.8 Å². The molecule has 0 bridgehead atoms. The molecule has 1 atom stereocenters. The van der Waals surface area contributed by atoms with E-state index < -0.39 is 0 Å². The van der Waals surface area contributed by atoms with Crippen LogP contribution in [0.3, 0.4) is 0 Å². The maximum Gasteiger partial charge on any atom is 0.251 e. The molecule has 1 aromatic carbocycles. The van der Waals surface area contributed by atoms with Gasteiger partial charge in [0.15, 0.2) is 0 Å². The van der Waals surface area contributed by atoms with Crippen molar-refractivity contribution in [3.05, 3.63) is 45.3 Å². The van der Waals surface area contributed by atoms with Crippen LogP contribution >= 0.6 is 15.9 Å². The summed E-state index contributed by atoms with van der Waals surface area (Å²) in [5.41, 5.74) is 8.47. The van der Waals surface area contributed by atoms with Gasteiger partial charge in [-0.05, 0) is 39.0 Å². The predicted octanol–water partition coefficient (Wildman–Crippen LogP) is 3.13. The molecule has 1 heterocycles. The van der Waals surface area contributed by atoms with Gasteiger partial charge in [-0.25, -0.2) is 0 Å². The molecule has 2 rings (SSSR count). The number of hydrogen-bond acceptors (Lipinski definition) is 4. The fraction of sp³-hybridized carbons (Fsp3) is 0.286. The van der Waals surface area contributed by atoms with Gasteiger partial charge in [-0.2, -0.15) is 0 Å². The van der Waals surface area contributed by atoms with E-state index in [1.807, 2.05) is 20.8 Å². The van der Waals surface area contributed by atoms with Crippen LogP contribution in [0.2, 0.25) is 0 Å². The number of anilines is 1. The lowest BCUT2D eigenvalue weighted by Crippen LogP contribution is -2.27. The van der Waals surface area contributed by atoms with Gasteiger partial charge in [-0.1, -0.05) is 21.1 Å². The average molecular weight is 338 g/mol. The minimum atomic E-state index is -0.189.